The molecule has 0 aliphatic carbocycles. The van der Waals surface area contributed by atoms with Gasteiger partial charge in [0.05, 0.1) is 15.7 Å². The molecule has 1 aliphatic rings. The van der Waals surface area contributed by atoms with Crippen molar-refractivity contribution in [3.63, 3.8) is 0 Å². The SMILES string of the molecule is CN1C(=CC(=O)c2ccccc2Cl)Sc2ccccc21. The molecule has 100 valence electrons. The lowest BCUT2D eigenvalue weighted by Crippen LogP contribution is -2.11. The number of benzene rings is 2. The highest BCUT2D eigenvalue weighted by Crippen LogP contribution is 2.44. The van der Waals surface area contributed by atoms with Crippen LogP contribution >= 0.6 is 23.4 Å². The minimum Gasteiger partial charge on any atom is -0.338 e. The van der Waals surface area contributed by atoms with Gasteiger partial charge in [0.1, 0.15) is 0 Å². The third kappa shape index (κ3) is 2.35. The second-order valence-electron chi connectivity index (χ2n) is 4.46. The van der Waals surface area contributed by atoms with Crippen LogP contribution in [0.3, 0.4) is 0 Å². The third-order valence-electron chi connectivity index (χ3n) is 3.17. The Morgan fingerprint density at radius 1 is 1.15 bits per heavy atom. The Labute approximate surface area is 127 Å². The first kappa shape index (κ1) is 13.3. The predicted molar refractivity (Wildman–Crippen MR) is 84.6 cm³/mol. The molecule has 0 aromatic heterocycles. The number of fused-ring (bicyclic) bond motifs is 1. The van der Waals surface area contributed by atoms with Gasteiger partial charge in [0, 0.05) is 23.6 Å². The van der Waals surface area contributed by atoms with Crippen LogP contribution < -0.4 is 4.90 Å². The summed E-state index contributed by atoms with van der Waals surface area (Å²) < 4.78 is 0. The number of thioether (sulfide) groups is 1. The predicted octanol–water partition coefficient (Wildman–Crippen LogP) is 4.61. The van der Waals surface area contributed by atoms with E-state index in [2.05, 4.69) is 6.07 Å². The fourth-order valence-corrected chi connectivity index (χ4v) is 3.41. The van der Waals surface area contributed by atoms with Gasteiger partial charge in [0.15, 0.2) is 5.78 Å². The van der Waals surface area contributed by atoms with Gasteiger partial charge < -0.3 is 4.90 Å². The zero-order valence-corrected chi connectivity index (χ0v) is 12.4. The molecule has 0 fully saturated rings. The molecule has 0 N–H and O–H groups in total. The minimum absolute atomic E-state index is 0.0715. The average molecular weight is 302 g/mol. The van der Waals surface area contributed by atoms with Crippen LogP contribution in [0.2, 0.25) is 5.02 Å². The first-order valence-corrected chi connectivity index (χ1v) is 7.37. The fraction of sp³-hybridized carbons (Fsp3) is 0.0625. The van der Waals surface area contributed by atoms with Crippen molar-refractivity contribution in [2.75, 3.05) is 11.9 Å². The van der Waals surface area contributed by atoms with Crippen molar-refractivity contribution in [3.05, 3.63) is 70.2 Å². The summed E-state index contributed by atoms with van der Waals surface area (Å²) in [4.78, 5) is 15.5. The summed E-state index contributed by atoms with van der Waals surface area (Å²) >= 11 is 7.66. The maximum Gasteiger partial charge on any atom is 0.189 e. The summed E-state index contributed by atoms with van der Waals surface area (Å²) in [5.41, 5.74) is 1.65. The molecule has 0 saturated carbocycles. The molecule has 0 amide bonds. The smallest absolute Gasteiger partial charge is 0.189 e. The van der Waals surface area contributed by atoms with Crippen LogP contribution in [-0.4, -0.2) is 12.8 Å². The Hall–Kier alpha value is -1.71. The van der Waals surface area contributed by atoms with E-state index >= 15 is 0 Å². The van der Waals surface area contributed by atoms with Gasteiger partial charge in [-0.05, 0) is 24.3 Å². The summed E-state index contributed by atoms with van der Waals surface area (Å²) in [5, 5.41) is 1.40. The number of hydrogen-bond acceptors (Lipinski definition) is 3. The van der Waals surface area contributed by atoms with Crippen molar-refractivity contribution in [3.8, 4) is 0 Å². The summed E-state index contributed by atoms with van der Waals surface area (Å²) in [5.74, 6) is -0.0715. The molecule has 0 atom stereocenters. The summed E-state index contributed by atoms with van der Waals surface area (Å²) in [6.45, 7) is 0. The van der Waals surface area contributed by atoms with Crippen molar-refractivity contribution < 1.29 is 4.79 Å². The van der Waals surface area contributed by atoms with Crippen LogP contribution in [0.1, 0.15) is 10.4 Å². The summed E-state index contributed by atoms with van der Waals surface area (Å²) in [7, 11) is 1.96. The van der Waals surface area contributed by atoms with Crippen molar-refractivity contribution in [1.82, 2.24) is 0 Å². The topological polar surface area (TPSA) is 20.3 Å². The van der Waals surface area contributed by atoms with E-state index in [4.69, 9.17) is 11.6 Å². The van der Waals surface area contributed by atoms with E-state index in [1.54, 1.807) is 30.0 Å². The van der Waals surface area contributed by atoms with Crippen LogP contribution in [0.4, 0.5) is 5.69 Å². The molecular weight excluding hydrogens is 290 g/mol. The molecule has 0 bridgehead atoms. The normalized spacial score (nSPS) is 15.5. The fourth-order valence-electron chi connectivity index (χ4n) is 2.10. The maximum absolute atomic E-state index is 12.3. The first-order chi connectivity index (χ1) is 9.66. The number of anilines is 1. The highest BCUT2D eigenvalue weighted by molar-refractivity contribution is 8.03. The number of carbonyl (C=O) groups excluding carboxylic acids is 1. The largest absolute Gasteiger partial charge is 0.338 e. The highest BCUT2D eigenvalue weighted by atomic mass is 35.5. The Morgan fingerprint density at radius 2 is 1.85 bits per heavy atom. The van der Waals surface area contributed by atoms with Crippen LogP contribution in [0.25, 0.3) is 0 Å². The molecule has 3 rings (SSSR count). The highest BCUT2D eigenvalue weighted by Gasteiger charge is 2.22. The van der Waals surface area contributed by atoms with Crippen LogP contribution in [0.15, 0.2) is 64.5 Å². The van der Waals surface area contributed by atoms with Crippen molar-refractivity contribution >= 4 is 34.8 Å². The lowest BCUT2D eigenvalue weighted by molar-refractivity contribution is 0.104. The number of hydrogen-bond donors (Lipinski definition) is 0. The van der Waals surface area contributed by atoms with Gasteiger partial charge in [-0.2, -0.15) is 0 Å². The molecule has 2 aromatic carbocycles. The quantitative estimate of drug-likeness (QED) is 0.597. The lowest BCUT2D eigenvalue weighted by Gasteiger charge is -2.13. The number of allylic oxidation sites excluding steroid dienone is 1. The van der Waals surface area contributed by atoms with Gasteiger partial charge in [-0.25, -0.2) is 0 Å². The van der Waals surface area contributed by atoms with E-state index < -0.39 is 0 Å². The van der Waals surface area contributed by atoms with Gasteiger partial charge in [-0.1, -0.05) is 47.6 Å². The molecule has 1 aliphatic heterocycles. The molecule has 20 heavy (non-hydrogen) atoms. The molecule has 0 saturated heterocycles. The Bertz CT molecular complexity index is 711. The van der Waals surface area contributed by atoms with Gasteiger partial charge in [0.2, 0.25) is 0 Å². The number of ketones is 1. The Balaban J connectivity index is 1.92. The summed E-state index contributed by atoms with van der Waals surface area (Å²) in [6, 6.07) is 15.2. The number of carbonyl (C=O) groups is 1. The zero-order valence-electron chi connectivity index (χ0n) is 10.8. The van der Waals surface area contributed by atoms with Crippen molar-refractivity contribution in [1.29, 1.82) is 0 Å². The lowest BCUT2D eigenvalue weighted by atomic mass is 10.1. The number of halogens is 1. The molecule has 0 radical (unpaired) electrons. The number of rotatable bonds is 2. The first-order valence-electron chi connectivity index (χ1n) is 6.18. The second kappa shape index (κ2) is 5.35. The van der Waals surface area contributed by atoms with Gasteiger partial charge in [0.25, 0.3) is 0 Å². The number of para-hydroxylation sites is 1. The van der Waals surface area contributed by atoms with Crippen molar-refractivity contribution in [2.45, 2.75) is 4.90 Å². The van der Waals surface area contributed by atoms with Crippen LogP contribution in [-0.2, 0) is 0 Å². The number of nitrogens with zero attached hydrogens (tertiary/aromatic N) is 1. The molecule has 0 spiro atoms. The molecule has 0 unspecified atom stereocenters. The second-order valence-corrected chi connectivity index (χ2v) is 5.92. The van der Waals surface area contributed by atoms with Crippen LogP contribution in [0.5, 0.6) is 0 Å². The van der Waals surface area contributed by atoms with Gasteiger partial charge >= 0.3 is 0 Å². The van der Waals surface area contributed by atoms with E-state index in [0.29, 0.717) is 10.6 Å². The monoisotopic (exact) mass is 301 g/mol. The minimum atomic E-state index is -0.0715. The standard InChI is InChI=1S/C16H12ClNOS/c1-18-13-8-4-5-9-15(13)20-16(18)10-14(19)11-6-2-3-7-12(11)17/h2-10H,1H3. The maximum atomic E-state index is 12.3. The molecule has 4 heteroatoms. The molecule has 2 nitrogen and oxygen atoms in total. The third-order valence-corrected chi connectivity index (χ3v) is 4.66. The summed E-state index contributed by atoms with van der Waals surface area (Å²) in [6.07, 6.45) is 1.64. The Morgan fingerprint density at radius 3 is 2.60 bits per heavy atom. The van der Waals surface area contributed by atoms with Crippen LogP contribution in [0, 0.1) is 0 Å². The van der Waals surface area contributed by atoms with Gasteiger partial charge in [-0.3, -0.25) is 4.79 Å². The average Bonchev–Trinajstić information content (AvgIpc) is 2.76. The van der Waals surface area contributed by atoms with E-state index in [1.807, 2.05) is 42.3 Å². The zero-order chi connectivity index (χ0) is 14.1. The van der Waals surface area contributed by atoms with E-state index in [0.717, 1.165) is 15.6 Å². The molecule has 2 aromatic rings. The van der Waals surface area contributed by atoms with E-state index in [1.165, 1.54) is 0 Å². The van der Waals surface area contributed by atoms with Crippen molar-refractivity contribution in [2.24, 2.45) is 0 Å². The van der Waals surface area contributed by atoms with E-state index in [-0.39, 0.29) is 5.78 Å². The Kier molecular flexibility index (Phi) is 3.55. The molecular formula is C16H12ClNOS. The van der Waals surface area contributed by atoms with E-state index in [9.17, 15) is 4.79 Å². The van der Waals surface area contributed by atoms with Gasteiger partial charge in [-0.15, -0.1) is 0 Å². The molecule has 1 heterocycles.